The van der Waals surface area contributed by atoms with Gasteiger partial charge in [-0.25, -0.2) is 0 Å². The predicted octanol–water partition coefficient (Wildman–Crippen LogP) is 4.15. The van der Waals surface area contributed by atoms with Crippen molar-refractivity contribution in [1.29, 1.82) is 0 Å². The first-order chi connectivity index (χ1) is 9.15. The summed E-state index contributed by atoms with van der Waals surface area (Å²) in [5.41, 5.74) is 1.20. The first kappa shape index (κ1) is 14.3. The Hall–Kier alpha value is -1.10. The molecule has 4 heteroatoms. The Morgan fingerprint density at radius 1 is 1.21 bits per heavy atom. The van der Waals surface area contributed by atoms with Gasteiger partial charge in [0.05, 0.1) is 22.5 Å². The van der Waals surface area contributed by atoms with Crippen molar-refractivity contribution in [2.24, 2.45) is 10.3 Å². The minimum atomic E-state index is -1.11. The third-order valence-electron chi connectivity index (χ3n) is 2.46. The zero-order chi connectivity index (χ0) is 13.7. The fraction of sp³-hybridized carbons (Fsp3) is 0.267. The third-order valence-corrected chi connectivity index (χ3v) is 4.82. The number of rotatable bonds is 5. The fourth-order valence-corrected chi connectivity index (χ4v) is 3.46. The summed E-state index contributed by atoms with van der Waals surface area (Å²) >= 11 is 0.553. The Balaban J connectivity index is 2.04. The van der Waals surface area contributed by atoms with E-state index in [1.807, 2.05) is 38.1 Å². The molecule has 1 heterocycles. The standard InChI is InChI=1S/C15H17NOS2/c1-12(2)11-19(17)16-10-14-8-9-15(18-14)13-6-4-3-5-7-13/h3-10,12H,11H2,1-2H3. The quantitative estimate of drug-likeness (QED) is 0.602. The van der Waals surface area contributed by atoms with Crippen molar-refractivity contribution < 1.29 is 4.55 Å². The number of hydrogen-bond acceptors (Lipinski definition) is 3. The third kappa shape index (κ3) is 4.49. The molecule has 0 spiro atoms. The molecule has 2 aromatic rings. The van der Waals surface area contributed by atoms with Crippen LogP contribution in [0, 0.1) is 5.92 Å². The van der Waals surface area contributed by atoms with E-state index in [-0.39, 0.29) is 0 Å². The molecule has 100 valence electrons. The van der Waals surface area contributed by atoms with Crippen molar-refractivity contribution in [3.63, 3.8) is 0 Å². The molecule has 0 aliphatic rings. The van der Waals surface area contributed by atoms with E-state index in [0.717, 1.165) is 4.88 Å². The van der Waals surface area contributed by atoms with Crippen LogP contribution in [0.5, 0.6) is 0 Å². The van der Waals surface area contributed by atoms with Crippen LogP contribution in [-0.2, 0) is 11.4 Å². The average Bonchev–Trinajstić information content (AvgIpc) is 2.85. The highest BCUT2D eigenvalue weighted by atomic mass is 32.2. The van der Waals surface area contributed by atoms with Gasteiger partial charge in [0.1, 0.15) is 5.75 Å². The molecule has 1 unspecified atom stereocenters. The summed E-state index contributed by atoms with van der Waals surface area (Å²) in [6.07, 6.45) is 1.72. The molecule has 1 aromatic heterocycles. The molecule has 0 saturated carbocycles. The number of thiophene rings is 1. The lowest BCUT2D eigenvalue weighted by atomic mass is 10.2. The van der Waals surface area contributed by atoms with E-state index < -0.39 is 11.4 Å². The molecule has 0 bridgehead atoms. The van der Waals surface area contributed by atoms with Gasteiger partial charge >= 0.3 is 0 Å². The van der Waals surface area contributed by atoms with Crippen molar-refractivity contribution >= 4 is 28.9 Å². The summed E-state index contributed by atoms with van der Waals surface area (Å²) in [5.74, 6) is 1.02. The van der Waals surface area contributed by atoms with Crippen molar-refractivity contribution in [1.82, 2.24) is 0 Å². The Labute approximate surface area is 121 Å². The van der Waals surface area contributed by atoms with Crippen LogP contribution in [0.4, 0.5) is 0 Å². The van der Waals surface area contributed by atoms with Gasteiger partial charge < -0.3 is 4.55 Å². The van der Waals surface area contributed by atoms with Gasteiger partial charge in [0.15, 0.2) is 0 Å². The minimum Gasteiger partial charge on any atom is -0.591 e. The van der Waals surface area contributed by atoms with Crippen LogP contribution >= 0.6 is 11.3 Å². The van der Waals surface area contributed by atoms with Gasteiger partial charge in [0.25, 0.3) is 0 Å². The van der Waals surface area contributed by atoms with Crippen molar-refractivity contribution in [3.05, 3.63) is 47.3 Å². The lowest BCUT2D eigenvalue weighted by molar-refractivity contribution is 0.583. The molecule has 1 atom stereocenters. The number of benzene rings is 1. The van der Waals surface area contributed by atoms with Gasteiger partial charge in [-0.05, 0) is 17.7 Å². The number of hydrogen-bond donors (Lipinski definition) is 0. The van der Waals surface area contributed by atoms with Gasteiger partial charge in [-0.2, -0.15) is 0 Å². The molecule has 0 amide bonds. The molecule has 0 aliphatic heterocycles. The summed E-state index contributed by atoms with van der Waals surface area (Å²) in [4.78, 5) is 2.24. The SMILES string of the molecule is CC(C)C[S+]([O-])N=Cc1ccc(-c2ccccc2)s1. The molecular weight excluding hydrogens is 274 g/mol. The topological polar surface area (TPSA) is 35.4 Å². The maximum absolute atomic E-state index is 11.6. The van der Waals surface area contributed by atoms with E-state index in [4.69, 9.17) is 0 Å². The molecule has 2 nitrogen and oxygen atoms in total. The molecular formula is C15H17NOS2. The van der Waals surface area contributed by atoms with Crippen LogP contribution in [-0.4, -0.2) is 16.5 Å². The fourth-order valence-electron chi connectivity index (χ4n) is 1.62. The Bertz CT molecular complexity index is 534. The average molecular weight is 291 g/mol. The van der Waals surface area contributed by atoms with Crippen LogP contribution in [0.3, 0.4) is 0 Å². The highest BCUT2D eigenvalue weighted by Crippen LogP contribution is 2.26. The molecule has 0 fully saturated rings. The maximum Gasteiger partial charge on any atom is 0.135 e. The zero-order valence-corrected chi connectivity index (χ0v) is 12.7. The summed E-state index contributed by atoms with van der Waals surface area (Å²) in [6, 6.07) is 14.3. The molecule has 0 aliphatic carbocycles. The largest absolute Gasteiger partial charge is 0.591 e. The molecule has 0 radical (unpaired) electrons. The Kier molecular flexibility index (Phi) is 5.19. The Morgan fingerprint density at radius 2 is 1.95 bits per heavy atom. The van der Waals surface area contributed by atoms with E-state index >= 15 is 0 Å². The highest BCUT2D eigenvalue weighted by Gasteiger charge is 2.07. The van der Waals surface area contributed by atoms with E-state index in [2.05, 4.69) is 22.6 Å². The van der Waals surface area contributed by atoms with Gasteiger partial charge in [-0.3, -0.25) is 0 Å². The Morgan fingerprint density at radius 3 is 2.63 bits per heavy atom. The molecule has 2 rings (SSSR count). The first-order valence-electron chi connectivity index (χ1n) is 6.23. The van der Waals surface area contributed by atoms with Gasteiger partial charge in [0.2, 0.25) is 0 Å². The second-order valence-electron chi connectivity index (χ2n) is 4.68. The highest BCUT2D eigenvalue weighted by molar-refractivity contribution is 7.90. The summed E-state index contributed by atoms with van der Waals surface area (Å²) in [5, 5.41) is 0. The zero-order valence-electron chi connectivity index (χ0n) is 11.1. The summed E-state index contributed by atoms with van der Waals surface area (Å²) in [6.45, 7) is 4.10. The molecule has 0 saturated heterocycles. The normalized spacial score (nSPS) is 13.3. The van der Waals surface area contributed by atoms with Crippen LogP contribution in [0.1, 0.15) is 18.7 Å². The molecule has 1 aromatic carbocycles. The van der Waals surface area contributed by atoms with Crippen molar-refractivity contribution in [2.45, 2.75) is 13.8 Å². The van der Waals surface area contributed by atoms with Crippen molar-refractivity contribution in [3.8, 4) is 10.4 Å². The summed E-state index contributed by atoms with van der Waals surface area (Å²) < 4.78 is 15.7. The summed E-state index contributed by atoms with van der Waals surface area (Å²) in [7, 11) is 0. The van der Waals surface area contributed by atoms with E-state index in [0.29, 0.717) is 11.7 Å². The lowest BCUT2D eigenvalue weighted by Crippen LogP contribution is -2.08. The monoisotopic (exact) mass is 291 g/mol. The maximum atomic E-state index is 11.6. The van der Waals surface area contributed by atoms with Crippen molar-refractivity contribution in [2.75, 3.05) is 5.75 Å². The van der Waals surface area contributed by atoms with Crippen LogP contribution in [0.2, 0.25) is 0 Å². The van der Waals surface area contributed by atoms with Crippen LogP contribution in [0.15, 0.2) is 46.9 Å². The number of nitrogens with zero attached hydrogens (tertiary/aromatic N) is 1. The molecule has 19 heavy (non-hydrogen) atoms. The van der Waals surface area contributed by atoms with Gasteiger partial charge in [0, 0.05) is 10.8 Å². The van der Waals surface area contributed by atoms with Gasteiger partial charge in [-0.15, -0.1) is 11.3 Å². The van der Waals surface area contributed by atoms with Crippen LogP contribution < -0.4 is 0 Å². The molecule has 0 N–H and O–H groups in total. The smallest absolute Gasteiger partial charge is 0.135 e. The van der Waals surface area contributed by atoms with E-state index in [1.165, 1.54) is 10.4 Å². The minimum absolute atomic E-state index is 0.404. The second-order valence-corrected chi connectivity index (χ2v) is 6.99. The predicted molar refractivity (Wildman–Crippen MR) is 85.2 cm³/mol. The van der Waals surface area contributed by atoms with Crippen LogP contribution in [0.25, 0.3) is 10.4 Å². The first-order valence-corrected chi connectivity index (χ1v) is 8.32. The van der Waals surface area contributed by atoms with E-state index in [9.17, 15) is 4.55 Å². The lowest BCUT2D eigenvalue weighted by Gasteiger charge is -2.04. The second kappa shape index (κ2) is 6.89. The van der Waals surface area contributed by atoms with E-state index in [1.54, 1.807) is 17.6 Å². The van der Waals surface area contributed by atoms with Gasteiger partial charge in [-0.1, -0.05) is 48.6 Å².